The van der Waals surface area contributed by atoms with Gasteiger partial charge in [0.25, 0.3) is 0 Å². The van der Waals surface area contributed by atoms with Gasteiger partial charge in [0.2, 0.25) is 5.91 Å². The van der Waals surface area contributed by atoms with E-state index in [0.29, 0.717) is 30.2 Å². The molecular formula is C17H24N4O2S. The van der Waals surface area contributed by atoms with Gasteiger partial charge in [0, 0.05) is 6.04 Å². The summed E-state index contributed by atoms with van der Waals surface area (Å²) in [4.78, 5) is 12.3. The maximum Gasteiger partial charge on any atom is 0.230 e. The van der Waals surface area contributed by atoms with Gasteiger partial charge in [0.15, 0.2) is 5.16 Å². The molecule has 3 rings (SSSR count). The van der Waals surface area contributed by atoms with Crippen LogP contribution in [0, 0.1) is 11.8 Å². The molecule has 0 spiro atoms. The highest BCUT2D eigenvalue weighted by Gasteiger charge is 2.28. The first-order chi connectivity index (χ1) is 11.6. The third kappa shape index (κ3) is 4.20. The van der Waals surface area contributed by atoms with Crippen molar-refractivity contribution in [1.29, 1.82) is 0 Å². The Bertz CT molecular complexity index is 655. The number of carbonyl (C=O) groups is 1. The van der Waals surface area contributed by atoms with Crippen molar-refractivity contribution in [3.8, 4) is 0 Å². The van der Waals surface area contributed by atoms with Crippen molar-refractivity contribution in [3.05, 3.63) is 30.5 Å². The van der Waals surface area contributed by atoms with E-state index in [1.54, 1.807) is 12.6 Å². The van der Waals surface area contributed by atoms with E-state index in [4.69, 9.17) is 4.42 Å². The first-order valence-corrected chi connectivity index (χ1v) is 9.44. The maximum absolute atomic E-state index is 12.3. The molecule has 24 heavy (non-hydrogen) atoms. The Hall–Kier alpha value is -1.76. The van der Waals surface area contributed by atoms with E-state index < -0.39 is 0 Å². The van der Waals surface area contributed by atoms with Crippen LogP contribution in [0.15, 0.2) is 34.3 Å². The molecule has 3 unspecified atom stereocenters. The van der Waals surface area contributed by atoms with Crippen LogP contribution in [0.4, 0.5) is 0 Å². The minimum atomic E-state index is 0.0681. The number of nitrogens with one attached hydrogen (secondary N) is 1. The van der Waals surface area contributed by atoms with E-state index in [2.05, 4.69) is 29.4 Å². The lowest BCUT2D eigenvalue weighted by Gasteiger charge is -2.34. The minimum Gasteiger partial charge on any atom is -0.467 e. The number of amides is 1. The number of aromatic nitrogens is 3. The van der Waals surface area contributed by atoms with E-state index in [-0.39, 0.29) is 5.91 Å². The molecular weight excluding hydrogens is 324 g/mol. The first kappa shape index (κ1) is 17.1. The van der Waals surface area contributed by atoms with Crippen molar-refractivity contribution >= 4 is 17.7 Å². The van der Waals surface area contributed by atoms with Crippen LogP contribution in [0.5, 0.6) is 0 Å². The number of rotatable bonds is 6. The highest BCUT2D eigenvalue weighted by Crippen LogP contribution is 2.29. The van der Waals surface area contributed by atoms with Gasteiger partial charge in [-0.2, -0.15) is 0 Å². The number of carbonyl (C=O) groups excluding carboxylic acids is 1. The summed E-state index contributed by atoms with van der Waals surface area (Å²) in [6.07, 6.45) is 6.84. The molecule has 0 aliphatic heterocycles. The molecule has 0 saturated heterocycles. The predicted molar refractivity (Wildman–Crippen MR) is 92.7 cm³/mol. The van der Waals surface area contributed by atoms with Gasteiger partial charge in [0.05, 0.1) is 18.6 Å². The Morgan fingerprint density at radius 3 is 3.12 bits per heavy atom. The second-order valence-corrected chi connectivity index (χ2v) is 7.49. The van der Waals surface area contributed by atoms with Crippen LogP contribution in [0.1, 0.15) is 38.9 Å². The number of furan rings is 1. The lowest BCUT2D eigenvalue weighted by molar-refractivity contribution is -0.120. The second kappa shape index (κ2) is 7.88. The third-order valence-electron chi connectivity index (χ3n) is 4.87. The van der Waals surface area contributed by atoms with Gasteiger partial charge in [-0.3, -0.25) is 4.79 Å². The molecule has 1 N–H and O–H groups in total. The van der Waals surface area contributed by atoms with Gasteiger partial charge in [0.1, 0.15) is 12.1 Å². The molecule has 1 fully saturated rings. The predicted octanol–water partition coefficient (Wildman–Crippen LogP) is 2.95. The fourth-order valence-corrected chi connectivity index (χ4v) is 3.93. The van der Waals surface area contributed by atoms with E-state index in [9.17, 15) is 4.79 Å². The van der Waals surface area contributed by atoms with Crippen molar-refractivity contribution < 1.29 is 9.21 Å². The highest BCUT2D eigenvalue weighted by molar-refractivity contribution is 7.99. The maximum atomic E-state index is 12.3. The highest BCUT2D eigenvalue weighted by atomic mass is 32.2. The summed E-state index contributed by atoms with van der Waals surface area (Å²) in [5.41, 5.74) is 0. The summed E-state index contributed by atoms with van der Waals surface area (Å²) in [5, 5.41) is 12.0. The summed E-state index contributed by atoms with van der Waals surface area (Å²) in [6.45, 7) is 5.08. The molecule has 2 aromatic rings. The minimum absolute atomic E-state index is 0.0681. The Kier molecular flexibility index (Phi) is 5.60. The Balaban J connectivity index is 1.51. The van der Waals surface area contributed by atoms with Crippen molar-refractivity contribution in [3.63, 3.8) is 0 Å². The summed E-state index contributed by atoms with van der Waals surface area (Å²) < 4.78 is 7.24. The van der Waals surface area contributed by atoms with Crippen LogP contribution in [0.2, 0.25) is 0 Å². The average Bonchev–Trinajstić information content (AvgIpc) is 3.22. The van der Waals surface area contributed by atoms with Crippen LogP contribution < -0.4 is 5.32 Å². The molecule has 130 valence electrons. The summed E-state index contributed by atoms with van der Waals surface area (Å²) in [5.74, 6) is 2.47. The Morgan fingerprint density at radius 1 is 1.46 bits per heavy atom. The molecule has 1 saturated carbocycles. The van der Waals surface area contributed by atoms with Crippen LogP contribution in [0.25, 0.3) is 0 Å². The second-order valence-electron chi connectivity index (χ2n) is 6.55. The molecule has 1 aliphatic carbocycles. The molecule has 2 heterocycles. The number of thioether (sulfide) groups is 1. The average molecular weight is 348 g/mol. The van der Waals surface area contributed by atoms with Gasteiger partial charge < -0.3 is 14.3 Å². The zero-order chi connectivity index (χ0) is 16.9. The Morgan fingerprint density at radius 2 is 2.33 bits per heavy atom. The molecule has 7 heteroatoms. The molecule has 0 bridgehead atoms. The smallest absolute Gasteiger partial charge is 0.230 e. The molecule has 0 radical (unpaired) electrons. The zero-order valence-corrected chi connectivity index (χ0v) is 15.0. The van der Waals surface area contributed by atoms with Gasteiger partial charge >= 0.3 is 0 Å². The van der Waals surface area contributed by atoms with Crippen LogP contribution in [-0.2, 0) is 11.3 Å². The quantitative estimate of drug-likeness (QED) is 0.813. The SMILES string of the molecule is CC1CCCC(NC(=O)CSc2nncn2Cc2ccco2)C1C. The standard InChI is InChI=1S/C17H24N4O2S/c1-12-5-3-7-15(13(12)2)19-16(22)10-24-17-20-18-11-21(17)9-14-6-4-8-23-14/h4,6,8,11-13,15H,3,5,7,9-10H2,1-2H3,(H,19,22). The summed E-state index contributed by atoms with van der Waals surface area (Å²) in [7, 11) is 0. The molecule has 1 amide bonds. The normalized spacial score (nSPS) is 24.0. The number of hydrogen-bond acceptors (Lipinski definition) is 5. The molecule has 2 aromatic heterocycles. The lowest BCUT2D eigenvalue weighted by Crippen LogP contribution is -2.44. The zero-order valence-electron chi connectivity index (χ0n) is 14.1. The van der Waals surface area contributed by atoms with Crippen molar-refractivity contribution in [1.82, 2.24) is 20.1 Å². The van der Waals surface area contributed by atoms with E-state index in [1.165, 1.54) is 24.6 Å². The van der Waals surface area contributed by atoms with Crippen LogP contribution >= 0.6 is 11.8 Å². The number of hydrogen-bond donors (Lipinski definition) is 1. The number of nitrogens with zero attached hydrogens (tertiary/aromatic N) is 3. The van der Waals surface area contributed by atoms with Gasteiger partial charge in [-0.15, -0.1) is 10.2 Å². The van der Waals surface area contributed by atoms with Crippen LogP contribution in [0.3, 0.4) is 0 Å². The topological polar surface area (TPSA) is 73.0 Å². The van der Waals surface area contributed by atoms with Crippen LogP contribution in [-0.4, -0.2) is 32.5 Å². The molecule has 0 aromatic carbocycles. The largest absolute Gasteiger partial charge is 0.467 e. The summed E-state index contributed by atoms with van der Waals surface area (Å²) in [6, 6.07) is 4.06. The lowest BCUT2D eigenvalue weighted by atomic mass is 9.78. The Labute approximate surface area is 146 Å². The van der Waals surface area contributed by atoms with Crippen molar-refractivity contribution in [2.24, 2.45) is 11.8 Å². The van der Waals surface area contributed by atoms with E-state index >= 15 is 0 Å². The summed E-state index contributed by atoms with van der Waals surface area (Å²) >= 11 is 1.41. The molecule has 1 aliphatic rings. The van der Waals surface area contributed by atoms with Gasteiger partial charge in [-0.05, 0) is 30.4 Å². The van der Waals surface area contributed by atoms with Gasteiger partial charge in [-0.1, -0.05) is 38.5 Å². The molecule has 6 nitrogen and oxygen atoms in total. The van der Waals surface area contributed by atoms with E-state index in [0.717, 1.165) is 17.3 Å². The van der Waals surface area contributed by atoms with Crippen molar-refractivity contribution in [2.75, 3.05) is 5.75 Å². The van der Waals surface area contributed by atoms with Crippen molar-refractivity contribution in [2.45, 2.75) is 50.9 Å². The van der Waals surface area contributed by atoms with Gasteiger partial charge in [-0.25, -0.2) is 0 Å². The fraction of sp³-hybridized carbons (Fsp3) is 0.588. The third-order valence-corrected chi connectivity index (χ3v) is 5.85. The monoisotopic (exact) mass is 348 g/mol. The fourth-order valence-electron chi connectivity index (χ4n) is 3.20. The first-order valence-electron chi connectivity index (χ1n) is 8.46. The molecule has 3 atom stereocenters. The van der Waals surface area contributed by atoms with E-state index in [1.807, 2.05) is 16.7 Å².